The Labute approximate surface area is 138 Å². The largest absolute Gasteiger partial charge is 0.497 e. The summed E-state index contributed by atoms with van der Waals surface area (Å²) in [4.78, 5) is 4.51. The van der Waals surface area contributed by atoms with E-state index >= 15 is 0 Å². The van der Waals surface area contributed by atoms with Gasteiger partial charge in [0.2, 0.25) is 0 Å². The van der Waals surface area contributed by atoms with Crippen molar-refractivity contribution < 1.29 is 4.74 Å². The summed E-state index contributed by atoms with van der Waals surface area (Å²) in [6.07, 6.45) is 8.36. The van der Waals surface area contributed by atoms with Gasteiger partial charge in [-0.3, -0.25) is 4.98 Å². The monoisotopic (exact) mass is 310 g/mol. The van der Waals surface area contributed by atoms with Crippen molar-refractivity contribution in [1.82, 2.24) is 9.55 Å². The highest BCUT2D eigenvalue weighted by molar-refractivity contribution is 6.09. The first kappa shape index (κ1) is 15.9. The van der Waals surface area contributed by atoms with Crippen LogP contribution >= 0.6 is 0 Å². The first-order valence-electron chi connectivity index (χ1n) is 8.67. The van der Waals surface area contributed by atoms with Gasteiger partial charge in [0.15, 0.2) is 0 Å². The minimum Gasteiger partial charge on any atom is -0.497 e. The zero-order valence-electron chi connectivity index (χ0n) is 14.4. The van der Waals surface area contributed by atoms with E-state index in [1.807, 2.05) is 12.3 Å². The van der Waals surface area contributed by atoms with Gasteiger partial charge in [-0.2, -0.15) is 0 Å². The fourth-order valence-electron chi connectivity index (χ4n) is 3.43. The number of pyridine rings is 1. The first-order chi connectivity index (χ1) is 11.3. The number of hydrogen-bond donors (Lipinski definition) is 0. The van der Waals surface area contributed by atoms with Gasteiger partial charge in [-0.15, -0.1) is 0 Å². The van der Waals surface area contributed by atoms with Crippen molar-refractivity contribution in [2.75, 3.05) is 7.11 Å². The molecule has 3 nitrogen and oxygen atoms in total. The Morgan fingerprint density at radius 3 is 2.65 bits per heavy atom. The van der Waals surface area contributed by atoms with E-state index in [2.05, 4.69) is 41.6 Å². The van der Waals surface area contributed by atoms with Gasteiger partial charge >= 0.3 is 0 Å². The lowest BCUT2D eigenvalue weighted by Crippen LogP contribution is -2.00. The number of methoxy groups -OCH3 is 1. The molecular weight excluding hydrogens is 284 g/mol. The van der Waals surface area contributed by atoms with Gasteiger partial charge in [0, 0.05) is 29.6 Å². The summed E-state index contributed by atoms with van der Waals surface area (Å²) in [5.74, 6) is 0.915. The Balaban J connectivity index is 2.03. The maximum Gasteiger partial charge on any atom is 0.120 e. The maximum absolute atomic E-state index is 5.43. The minimum absolute atomic E-state index is 0.915. The Hall–Kier alpha value is -2.03. The molecule has 0 N–H and O–H groups in total. The Bertz CT molecular complexity index is 804. The molecule has 0 unspecified atom stereocenters. The highest BCUT2D eigenvalue weighted by Crippen LogP contribution is 2.32. The van der Waals surface area contributed by atoms with E-state index in [1.54, 1.807) is 7.11 Å². The standard InChI is InChI=1S/C20H26N2O/c1-4-5-6-7-8-13-22-19-14-16(23-3)9-10-17(19)18-11-12-21-15(2)20(18)22/h9-12,14H,4-8,13H2,1-3H3. The maximum atomic E-state index is 5.43. The topological polar surface area (TPSA) is 27.1 Å². The predicted octanol–water partition coefficient (Wildman–Crippen LogP) is 5.48. The van der Waals surface area contributed by atoms with E-state index in [0.29, 0.717) is 0 Å². The molecule has 0 saturated heterocycles. The SMILES string of the molecule is CCCCCCCn1c2cc(OC)ccc2c2ccnc(C)c21. The highest BCUT2D eigenvalue weighted by Gasteiger charge is 2.13. The van der Waals surface area contributed by atoms with E-state index in [-0.39, 0.29) is 0 Å². The third-order valence-corrected chi connectivity index (χ3v) is 4.65. The predicted molar refractivity (Wildman–Crippen MR) is 97.3 cm³/mol. The third kappa shape index (κ3) is 3.05. The number of ether oxygens (including phenoxy) is 1. The minimum atomic E-state index is 0.915. The van der Waals surface area contributed by atoms with Crippen LogP contribution in [0.5, 0.6) is 5.75 Å². The molecule has 1 aromatic carbocycles. The Morgan fingerprint density at radius 1 is 1.04 bits per heavy atom. The van der Waals surface area contributed by atoms with Gasteiger partial charge in [0.1, 0.15) is 5.75 Å². The van der Waals surface area contributed by atoms with Crippen LogP contribution in [0.4, 0.5) is 0 Å². The fourth-order valence-corrected chi connectivity index (χ4v) is 3.43. The summed E-state index contributed by atoms with van der Waals surface area (Å²) < 4.78 is 7.86. The lowest BCUT2D eigenvalue weighted by Gasteiger charge is -2.09. The molecule has 3 rings (SSSR count). The quantitative estimate of drug-likeness (QED) is 0.540. The van der Waals surface area contributed by atoms with Gasteiger partial charge in [0.05, 0.1) is 23.8 Å². The second kappa shape index (κ2) is 7.03. The zero-order chi connectivity index (χ0) is 16.2. The molecule has 0 radical (unpaired) electrons. The molecule has 2 aromatic heterocycles. The Morgan fingerprint density at radius 2 is 1.87 bits per heavy atom. The van der Waals surface area contributed by atoms with Crippen LogP contribution in [0.1, 0.15) is 44.7 Å². The molecule has 0 bridgehead atoms. The van der Waals surface area contributed by atoms with Gasteiger partial charge in [-0.05, 0) is 31.5 Å². The number of nitrogens with zero attached hydrogens (tertiary/aromatic N) is 2. The van der Waals surface area contributed by atoms with E-state index < -0.39 is 0 Å². The van der Waals surface area contributed by atoms with Gasteiger partial charge in [-0.25, -0.2) is 0 Å². The number of unbranched alkanes of at least 4 members (excludes halogenated alkanes) is 4. The summed E-state index contributed by atoms with van der Waals surface area (Å²) in [6.45, 7) is 5.41. The van der Waals surface area contributed by atoms with E-state index in [0.717, 1.165) is 18.0 Å². The molecule has 122 valence electrons. The number of benzene rings is 1. The van der Waals surface area contributed by atoms with Crippen LogP contribution < -0.4 is 4.74 Å². The molecule has 0 saturated carbocycles. The molecular formula is C20H26N2O. The molecule has 3 aromatic rings. The number of hydrogen-bond acceptors (Lipinski definition) is 2. The van der Waals surface area contributed by atoms with Crippen LogP contribution in [-0.4, -0.2) is 16.7 Å². The molecule has 0 atom stereocenters. The molecule has 0 amide bonds. The van der Waals surface area contributed by atoms with Crippen molar-refractivity contribution in [2.24, 2.45) is 0 Å². The lowest BCUT2D eigenvalue weighted by molar-refractivity contribution is 0.415. The van der Waals surface area contributed by atoms with Crippen LogP contribution in [0.3, 0.4) is 0 Å². The summed E-state index contributed by atoms with van der Waals surface area (Å²) >= 11 is 0. The summed E-state index contributed by atoms with van der Waals surface area (Å²) in [5.41, 5.74) is 3.63. The van der Waals surface area contributed by atoms with Crippen molar-refractivity contribution >= 4 is 21.8 Å². The molecule has 23 heavy (non-hydrogen) atoms. The van der Waals surface area contributed by atoms with E-state index in [4.69, 9.17) is 4.74 Å². The average molecular weight is 310 g/mol. The van der Waals surface area contributed by atoms with Crippen molar-refractivity contribution in [1.29, 1.82) is 0 Å². The van der Waals surface area contributed by atoms with E-state index in [9.17, 15) is 0 Å². The van der Waals surface area contributed by atoms with E-state index in [1.165, 1.54) is 53.9 Å². The number of aromatic nitrogens is 2. The van der Waals surface area contributed by atoms with Crippen molar-refractivity contribution in [3.8, 4) is 5.75 Å². The second-order valence-corrected chi connectivity index (χ2v) is 6.24. The third-order valence-electron chi connectivity index (χ3n) is 4.65. The van der Waals surface area contributed by atoms with Crippen molar-refractivity contribution in [3.63, 3.8) is 0 Å². The number of fused-ring (bicyclic) bond motifs is 3. The van der Waals surface area contributed by atoms with Crippen molar-refractivity contribution in [2.45, 2.75) is 52.5 Å². The van der Waals surface area contributed by atoms with Crippen LogP contribution in [-0.2, 0) is 6.54 Å². The molecule has 3 heteroatoms. The second-order valence-electron chi connectivity index (χ2n) is 6.24. The normalized spacial score (nSPS) is 11.4. The Kier molecular flexibility index (Phi) is 4.85. The molecule has 0 aliphatic rings. The highest BCUT2D eigenvalue weighted by atomic mass is 16.5. The first-order valence-corrected chi connectivity index (χ1v) is 8.67. The number of rotatable bonds is 7. The van der Waals surface area contributed by atoms with Crippen LogP contribution in [0.15, 0.2) is 30.5 Å². The molecule has 0 aliphatic heterocycles. The van der Waals surface area contributed by atoms with Crippen LogP contribution in [0.2, 0.25) is 0 Å². The zero-order valence-corrected chi connectivity index (χ0v) is 14.4. The van der Waals surface area contributed by atoms with Gasteiger partial charge in [-0.1, -0.05) is 32.6 Å². The average Bonchev–Trinajstić information content (AvgIpc) is 2.89. The van der Waals surface area contributed by atoms with Crippen LogP contribution in [0.25, 0.3) is 21.8 Å². The number of aryl methyl sites for hydroxylation is 2. The molecule has 0 fully saturated rings. The summed E-state index contributed by atoms with van der Waals surface area (Å²) in [5, 5.41) is 2.59. The molecule has 0 aliphatic carbocycles. The fraction of sp³-hybridized carbons (Fsp3) is 0.450. The smallest absolute Gasteiger partial charge is 0.120 e. The van der Waals surface area contributed by atoms with Gasteiger partial charge in [0.25, 0.3) is 0 Å². The summed E-state index contributed by atoms with van der Waals surface area (Å²) in [7, 11) is 1.73. The summed E-state index contributed by atoms with van der Waals surface area (Å²) in [6, 6.07) is 8.50. The van der Waals surface area contributed by atoms with Gasteiger partial charge < -0.3 is 9.30 Å². The lowest BCUT2D eigenvalue weighted by atomic mass is 10.1. The molecule has 0 spiro atoms. The van der Waals surface area contributed by atoms with Crippen molar-refractivity contribution in [3.05, 3.63) is 36.2 Å². The van der Waals surface area contributed by atoms with Crippen LogP contribution in [0, 0.1) is 6.92 Å². The molecule has 2 heterocycles.